The van der Waals surface area contributed by atoms with Crippen LogP contribution >= 0.6 is 11.3 Å². The summed E-state index contributed by atoms with van der Waals surface area (Å²) < 4.78 is 26.2. The molecule has 1 aliphatic rings. The van der Waals surface area contributed by atoms with Gasteiger partial charge in [-0.2, -0.15) is 0 Å². The number of nitrogens with one attached hydrogen (secondary N) is 2. The second-order valence-electron chi connectivity index (χ2n) is 3.56. The Labute approximate surface area is 93.8 Å². The van der Waals surface area contributed by atoms with Crippen molar-refractivity contribution in [2.45, 2.75) is 23.1 Å². The summed E-state index contributed by atoms with van der Waals surface area (Å²) in [6, 6.07) is 3.97. The van der Waals surface area contributed by atoms with Gasteiger partial charge in [0, 0.05) is 19.1 Å². The van der Waals surface area contributed by atoms with E-state index in [0.717, 1.165) is 0 Å². The second-order valence-corrected chi connectivity index (χ2v) is 6.50. The summed E-state index contributed by atoms with van der Waals surface area (Å²) in [5.41, 5.74) is 0. The molecule has 0 aliphatic heterocycles. The minimum absolute atomic E-state index is 0.383. The summed E-state index contributed by atoms with van der Waals surface area (Å²) in [6.07, 6.45) is 2.44. The van der Waals surface area contributed by atoms with Gasteiger partial charge in [0.25, 0.3) is 0 Å². The Morgan fingerprint density at radius 1 is 1.40 bits per heavy atom. The highest BCUT2D eigenvalue weighted by Crippen LogP contribution is 2.18. The van der Waals surface area contributed by atoms with E-state index in [1.165, 1.54) is 24.2 Å². The van der Waals surface area contributed by atoms with Gasteiger partial charge in [0.2, 0.25) is 10.0 Å². The normalized spacial score (nSPS) is 16.8. The summed E-state index contributed by atoms with van der Waals surface area (Å²) in [5, 5.41) is 5.01. The summed E-state index contributed by atoms with van der Waals surface area (Å²) in [7, 11) is -3.27. The standard InChI is InChI=1S/C9H14N2O2S2/c12-15(13,9-2-1-7-14-9)11-6-5-10-8-3-4-8/h1-2,7-8,10-11H,3-6H2. The van der Waals surface area contributed by atoms with Crippen LogP contribution in [0.2, 0.25) is 0 Å². The van der Waals surface area contributed by atoms with E-state index in [2.05, 4.69) is 10.0 Å². The Kier molecular flexibility index (Phi) is 3.40. The molecule has 0 unspecified atom stereocenters. The van der Waals surface area contributed by atoms with Crippen LogP contribution in [0.4, 0.5) is 0 Å². The Bertz CT molecular complexity index is 396. The Morgan fingerprint density at radius 2 is 2.20 bits per heavy atom. The zero-order chi connectivity index (χ0) is 10.7. The molecule has 0 radical (unpaired) electrons. The molecule has 0 saturated heterocycles. The highest BCUT2D eigenvalue weighted by Gasteiger charge is 2.20. The molecule has 84 valence electrons. The third-order valence-electron chi connectivity index (χ3n) is 2.19. The van der Waals surface area contributed by atoms with Crippen molar-refractivity contribution in [2.75, 3.05) is 13.1 Å². The van der Waals surface area contributed by atoms with E-state index in [-0.39, 0.29) is 0 Å². The molecule has 0 spiro atoms. The van der Waals surface area contributed by atoms with Gasteiger partial charge < -0.3 is 5.32 Å². The molecule has 15 heavy (non-hydrogen) atoms. The molecule has 1 aromatic rings. The van der Waals surface area contributed by atoms with Gasteiger partial charge in [-0.25, -0.2) is 13.1 Å². The van der Waals surface area contributed by atoms with Crippen LogP contribution < -0.4 is 10.0 Å². The number of hydrogen-bond donors (Lipinski definition) is 2. The highest BCUT2D eigenvalue weighted by molar-refractivity contribution is 7.91. The first kappa shape index (κ1) is 11.1. The molecule has 1 aliphatic carbocycles. The zero-order valence-electron chi connectivity index (χ0n) is 8.27. The van der Waals surface area contributed by atoms with Crippen molar-refractivity contribution in [3.63, 3.8) is 0 Å². The van der Waals surface area contributed by atoms with Crippen molar-refractivity contribution in [3.05, 3.63) is 17.5 Å². The molecule has 6 heteroatoms. The van der Waals surface area contributed by atoms with Gasteiger partial charge in [-0.1, -0.05) is 6.07 Å². The Balaban J connectivity index is 1.77. The molecule has 1 aromatic heterocycles. The molecule has 0 amide bonds. The van der Waals surface area contributed by atoms with E-state index in [1.54, 1.807) is 17.5 Å². The minimum Gasteiger partial charge on any atom is -0.313 e. The van der Waals surface area contributed by atoms with Crippen molar-refractivity contribution >= 4 is 21.4 Å². The van der Waals surface area contributed by atoms with Gasteiger partial charge in [-0.3, -0.25) is 0 Å². The molecular formula is C9H14N2O2S2. The molecule has 2 N–H and O–H groups in total. The fraction of sp³-hybridized carbons (Fsp3) is 0.556. The maximum absolute atomic E-state index is 11.6. The number of rotatable bonds is 6. The predicted octanol–water partition coefficient (Wildman–Crippen LogP) is 0.778. The van der Waals surface area contributed by atoms with E-state index in [9.17, 15) is 8.42 Å². The van der Waals surface area contributed by atoms with E-state index < -0.39 is 10.0 Å². The molecule has 0 aromatic carbocycles. The largest absolute Gasteiger partial charge is 0.313 e. The van der Waals surface area contributed by atoms with E-state index in [0.29, 0.717) is 23.3 Å². The minimum atomic E-state index is -3.27. The van der Waals surface area contributed by atoms with Crippen molar-refractivity contribution in [3.8, 4) is 0 Å². The molecule has 4 nitrogen and oxygen atoms in total. The number of hydrogen-bond acceptors (Lipinski definition) is 4. The lowest BCUT2D eigenvalue weighted by molar-refractivity contribution is 0.577. The van der Waals surface area contributed by atoms with E-state index in [1.807, 2.05) is 0 Å². The Hall–Kier alpha value is -0.430. The van der Waals surface area contributed by atoms with Crippen LogP contribution in [0.1, 0.15) is 12.8 Å². The predicted molar refractivity (Wildman–Crippen MR) is 60.5 cm³/mol. The monoisotopic (exact) mass is 246 g/mol. The molecule has 0 bridgehead atoms. The van der Waals surface area contributed by atoms with Gasteiger partial charge in [0.05, 0.1) is 0 Å². The zero-order valence-corrected chi connectivity index (χ0v) is 9.90. The van der Waals surface area contributed by atoms with E-state index >= 15 is 0 Å². The maximum atomic E-state index is 11.6. The second kappa shape index (κ2) is 4.61. The first-order valence-electron chi connectivity index (χ1n) is 4.95. The van der Waals surface area contributed by atoms with Crippen molar-refractivity contribution < 1.29 is 8.42 Å². The maximum Gasteiger partial charge on any atom is 0.250 e. The van der Waals surface area contributed by atoms with Crippen LogP contribution in [0.3, 0.4) is 0 Å². The summed E-state index contributed by atoms with van der Waals surface area (Å²) in [6.45, 7) is 1.16. The lowest BCUT2D eigenvalue weighted by atomic mass is 10.6. The van der Waals surface area contributed by atoms with Crippen LogP contribution in [-0.4, -0.2) is 27.5 Å². The van der Waals surface area contributed by atoms with Gasteiger partial charge in [-0.05, 0) is 24.3 Å². The third-order valence-corrected chi connectivity index (χ3v) is 5.05. The van der Waals surface area contributed by atoms with Crippen molar-refractivity contribution in [1.29, 1.82) is 0 Å². The first-order valence-corrected chi connectivity index (χ1v) is 7.31. The highest BCUT2D eigenvalue weighted by atomic mass is 32.2. The lowest BCUT2D eigenvalue weighted by Gasteiger charge is -2.05. The van der Waals surface area contributed by atoms with Gasteiger partial charge in [0.15, 0.2) is 0 Å². The van der Waals surface area contributed by atoms with Crippen LogP contribution in [0.15, 0.2) is 21.7 Å². The number of sulfonamides is 1. The molecule has 0 atom stereocenters. The SMILES string of the molecule is O=S(=O)(NCCNC1CC1)c1cccs1. The van der Waals surface area contributed by atoms with Crippen LogP contribution in [0.25, 0.3) is 0 Å². The smallest absolute Gasteiger partial charge is 0.250 e. The fourth-order valence-electron chi connectivity index (χ4n) is 1.24. The Morgan fingerprint density at radius 3 is 2.80 bits per heavy atom. The molecule has 1 heterocycles. The van der Waals surface area contributed by atoms with Gasteiger partial charge in [-0.15, -0.1) is 11.3 Å². The lowest BCUT2D eigenvalue weighted by Crippen LogP contribution is -2.32. The van der Waals surface area contributed by atoms with Crippen LogP contribution in [-0.2, 0) is 10.0 Å². The summed E-state index contributed by atoms with van der Waals surface area (Å²) in [4.78, 5) is 0. The van der Waals surface area contributed by atoms with E-state index in [4.69, 9.17) is 0 Å². The summed E-state index contributed by atoms with van der Waals surface area (Å²) >= 11 is 1.24. The fourth-order valence-corrected chi connectivity index (χ4v) is 3.31. The molecule has 1 fully saturated rings. The average molecular weight is 246 g/mol. The van der Waals surface area contributed by atoms with Gasteiger partial charge >= 0.3 is 0 Å². The average Bonchev–Trinajstić information content (AvgIpc) is 2.83. The van der Waals surface area contributed by atoms with Crippen LogP contribution in [0.5, 0.6) is 0 Å². The van der Waals surface area contributed by atoms with Crippen LogP contribution in [0, 0.1) is 0 Å². The third kappa shape index (κ3) is 3.27. The first-order chi connectivity index (χ1) is 7.18. The molecular weight excluding hydrogens is 232 g/mol. The molecule has 2 rings (SSSR count). The quantitative estimate of drug-likeness (QED) is 0.729. The topological polar surface area (TPSA) is 58.2 Å². The number of thiophene rings is 1. The molecule has 1 saturated carbocycles. The van der Waals surface area contributed by atoms with Gasteiger partial charge in [0.1, 0.15) is 4.21 Å². The van der Waals surface area contributed by atoms with Crippen molar-refractivity contribution in [1.82, 2.24) is 10.0 Å². The van der Waals surface area contributed by atoms with Crippen molar-refractivity contribution in [2.24, 2.45) is 0 Å². The summed E-state index contributed by atoms with van der Waals surface area (Å²) in [5.74, 6) is 0.